The summed E-state index contributed by atoms with van der Waals surface area (Å²) in [6.07, 6.45) is 3.17. The van der Waals surface area contributed by atoms with Gasteiger partial charge in [0.05, 0.1) is 6.54 Å². The molecule has 0 aromatic heterocycles. The van der Waals surface area contributed by atoms with Gasteiger partial charge in [-0.25, -0.2) is 0 Å². The quantitative estimate of drug-likeness (QED) is 0.728. The van der Waals surface area contributed by atoms with E-state index >= 15 is 0 Å². The molecule has 0 amide bonds. The lowest BCUT2D eigenvalue weighted by molar-refractivity contribution is -0.107. The van der Waals surface area contributed by atoms with Crippen molar-refractivity contribution >= 4 is 18.0 Å². The number of hydrogen-bond acceptors (Lipinski definition) is 3. The Labute approximate surface area is 90.5 Å². The van der Waals surface area contributed by atoms with Gasteiger partial charge >= 0.3 is 0 Å². The van der Waals surface area contributed by atoms with Crippen molar-refractivity contribution in [2.45, 2.75) is 26.0 Å². The molecule has 0 saturated carbocycles. The van der Waals surface area contributed by atoms with E-state index in [0.29, 0.717) is 23.6 Å². The minimum absolute atomic E-state index is 0.431. The van der Waals surface area contributed by atoms with Gasteiger partial charge in [0.25, 0.3) is 0 Å². The van der Waals surface area contributed by atoms with Gasteiger partial charge in [0, 0.05) is 10.9 Å². The highest BCUT2D eigenvalue weighted by Crippen LogP contribution is 2.29. The van der Waals surface area contributed by atoms with Crippen LogP contribution in [0.5, 0.6) is 0 Å². The Morgan fingerprint density at radius 3 is 2.93 bits per heavy atom. The third-order valence-electron chi connectivity index (χ3n) is 2.77. The molecule has 1 aliphatic heterocycles. The Hall–Kier alpha value is -0.440. The van der Waals surface area contributed by atoms with Crippen LogP contribution < -0.4 is 5.32 Å². The van der Waals surface area contributed by atoms with Crippen molar-refractivity contribution in [3.63, 3.8) is 0 Å². The van der Waals surface area contributed by atoms with Gasteiger partial charge in [-0.15, -0.1) is 0 Å². The summed E-state index contributed by atoms with van der Waals surface area (Å²) in [5, 5.41) is 3.75. The van der Waals surface area contributed by atoms with Crippen molar-refractivity contribution < 1.29 is 4.79 Å². The van der Waals surface area contributed by atoms with Crippen LogP contribution in [0.1, 0.15) is 20.8 Å². The number of hydrogen-bond donors (Lipinski definition) is 1. The molecule has 2 nitrogen and oxygen atoms in total. The molecule has 0 spiro atoms. The van der Waals surface area contributed by atoms with Crippen LogP contribution in [-0.2, 0) is 4.79 Å². The van der Waals surface area contributed by atoms with Gasteiger partial charge in [-0.05, 0) is 24.5 Å². The maximum absolute atomic E-state index is 10.3. The molecule has 3 unspecified atom stereocenters. The van der Waals surface area contributed by atoms with Crippen molar-refractivity contribution in [1.82, 2.24) is 5.32 Å². The Kier molecular flexibility index (Phi) is 4.52. The number of rotatable bonds is 3. The summed E-state index contributed by atoms with van der Waals surface area (Å²) in [6.45, 7) is 7.14. The molecule has 80 valence electrons. The highest BCUT2D eigenvalue weighted by atomic mass is 32.2. The predicted molar refractivity (Wildman–Crippen MR) is 62.4 cm³/mol. The topological polar surface area (TPSA) is 29.1 Å². The Morgan fingerprint density at radius 1 is 1.57 bits per heavy atom. The second-order valence-electron chi connectivity index (χ2n) is 3.97. The maximum Gasteiger partial charge on any atom is 0.139 e. The molecule has 0 aliphatic carbocycles. The fourth-order valence-electron chi connectivity index (χ4n) is 1.59. The SMILES string of the molecule is CC1C=C(NCC=O)C(C)C(C)CS1. The van der Waals surface area contributed by atoms with Gasteiger partial charge in [0.1, 0.15) is 6.29 Å². The number of carbonyl (C=O) groups is 1. The maximum atomic E-state index is 10.3. The molecule has 0 aromatic rings. The molecule has 3 atom stereocenters. The number of carbonyl (C=O) groups excluding carboxylic acids is 1. The Bertz CT molecular complexity index is 227. The van der Waals surface area contributed by atoms with Gasteiger partial charge in [-0.2, -0.15) is 11.8 Å². The summed E-state index contributed by atoms with van der Waals surface area (Å²) in [7, 11) is 0. The van der Waals surface area contributed by atoms with Crippen LogP contribution in [0, 0.1) is 11.8 Å². The zero-order valence-corrected chi connectivity index (χ0v) is 9.93. The monoisotopic (exact) mass is 213 g/mol. The van der Waals surface area contributed by atoms with Crippen LogP contribution in [0.4, 0.5) is 0 Å². The summed E-state index contributed by atoms with van der Waals surface area (Å²) in [5.41, 5.74) is 1.24. The molecule has 14 heavy (non-hydrogen) atoms. The fraction of sp³-hybridized carbons (Fsp3) is 0.727. The summed E-state index contributed by atoms with van der Waals surface area (Å²) >= 11 is 1.98. The molecule has 1 N–H and O–H groups in total. The van der Waals surface area contributed by atoms with E-state index in [1.165, 1.54) is 11.4 Å². The van der Waals surface area contributed by atoms with E-state index in [4.69, 9.17) is 0 Å². The smallest absolute Gasteiger partial charge is 0.139 e. The molecule has 1 heterocycles. The van der Waals surface area contributed by atoms with E-state index in [1.54, 1.807) is 0 Å². The molecule has 0 fully saturated rings. The molecule has 0 bridgehead atoms. The minimum atomic E-state index is 0.431. The van der Waals surface area contributed by atoms with Crippen molar-refractivity contribution in [3.05, 3.63) is 11.8 Å². The van der Waals surface area contributed by atoms with E-state index in [1.807, 2.05) is 11.8 Å². The first-order valence-electron chi connectivity index (χ1n) is 5.16. The zero-order chi connectivity index (χ0) is 10.6. The van der Waals surface area contributed by atoms with Crippen LogP contribution >= 0.6 is 11.8 Å². The normalized spacial score (nSPS) is 33.1. The standard InChI is InChI=1S/C11H19NOS/c1-8-7-14-9(2)6-11(10(8)3)12-4-5-13/h5-6,8-10,12H,4,7H2,1-3H3. The first kappa shape index (κ1) is 11.6. The van der Waals surface area contributed by atoms with Crippen molar-refractivity contribution in [2.75, 3.05) is 12.3 Å². The summed E-state index contributed by atoms with van der Waals surface area (Å²) in [5.74, 6) is 2.41. The number of nitrogens with one attached hydrogen (secondary N) is 1. The second-order valence-corrected chi connectivity index (χ2v) is 5.38. The van der Waals surface area contributed by atoms with Gasteiger partial charge in [0.2, 0.25) is 0 Å². The van der Waals surface area contributed by atoms with Crippen LogP contribution in [0.25, 0.3) is 0 Å². The van der Waals surface area contributed by atoms with Crippen LogP contribution in [0.2, 0.25) is 0 Å². The Balaban J connectivity index is 2.68. The molecular formula is C11H19NOS. The zero-order valence-electron chi connectivity index (χ0n) is 9.12. The van der Waals surface area contributed by atoms with Crippen molar-refractivity contribution in [1.29, 1.82) is 0 Å². The predicted octanol–water partition coefficient (Wildman–Crippen LogP) is 2.07. The fourth-order valence-corrected chi connectivity index (χ4v) is 2.73. The van der Waals surface area contributed by atoms with E-state index in [0.717, 1.165) is 6.29 Å². The lowest BCUT2D eigenvalue weighted by Gasteiger charge is -2.20. The molecule has 1 aliphatic rings. The molecule has 1 rings (SSSR count). The number of thioether (sulfide) groups is 1. The lowest BCUT2D eigenvalue weighted by atomic mass is 9.94. The Morgan fingerprint density at radius 2 is 2.29 bits per heavy atom. The second kappa shape index (κ2) is 5.44. The van der Waals surface area contributed by atoms with Crippen LogP contribution in [0.3, 0.4) is 0 Å². The minimum Gasteiger partial charge on any atom is -0.382 e. The molecule has 0 radical (unpaired) electrons. The van der Waals surface area contributed by atoms with E-state index in [-0.39, 0.29) is 0 Å². The first-order valence-corrected chi connectivity index (χ1v) is 6.20. The van der Waals surface area contributed by atoms with E-state index in [9.17, 15) is 4.79 Å². The highest BCUT2D eigenvalue weighted by Gasteiger charge is 2.21. The largest absolute Gasteiger partial charge is 0.382 e. The highest BCUT2D eigenvalue weighted by molar-refractivity contribution is 8.00. The van der Waals surface area contributed by atoms with Gasteiger partial charge in [0.15, 0.2) is 0 Å². The molecule has 0 aromatic carbocycles. The summed E-state index contributed by atoms with van der Waals surface area (Å²) < 4.78 is 0. The van der Waals surface area contributed by atoms with Crippen LogP contribution in [0.15, 0.2) is 11.8 Å². The van der Waals surface area contributed by atoms with Gasteiger partial charge in [-0.3, -0.25) is 0 Å². The number of aldehydes is 1. The van der Waals surface area contributed by atoms with Gasteiger partial charge in [-0.1, -0.05) is 19.9 Å². The lowest BCUT2D eigenvalue weighted by Crippen LogP contribution is -2.24. The van der Waals surface area contributed by atoms with Gasteiger partial charge < -0.3 is 10.1 Å². The summed E-state index contributed by atoms with van der Waals surface area (Å²) in [4.78, 5) is 10.3. The third-order valence-corrected chi connectivity index (χ3v) is 4.15. The molecular weight excluding hydrogens is 194 g/mol. The molecule has 0 saturated heterocycles. The van der Waals surface area contributed by atoms with Crippen molar-refractivity contribution in [3.8, 4) is 0 Å². The van der Waals surface area contributed by atoms with E-state index in [2.05, 4.69) is 32.2 Å². The van der Waals surface area contributed by atoms with E-state index < -0.39 is 0 Å². The average Bonchev–Trinajstić information content (AvgIpc) is 2.29. The first-order chi connectivity index (χ1) is 6.65. The van der Waals surface area contributed by atoms with Crippen molar-refractivity contribution in [2.24, 2.45) is 11.8 Å². The summed E-state index contributed by atoms with van der Waals surface area (Å²) in [6, 6.07) is 0. The third kappa shape index (κ3) is 3.05. The molecule has 3 heteroatoms. The average molecular weight is 213 g/mol. The number of allylic oxidation sites excluding steroid dienone is 1. The van der Waals surface area contributed by atoms with Crippen LogP contribution in [-0.4, -0.2) is 23.8 Å².